The summed E-state index contributed by atoms with van der Waals surface area (Å²) in [4.78, 5) is 7.32. The molecular formula is C13H16N4O2S. The second-order valence-corrected chi connectivity index (χ2v) is 6.45. The number of aromatic amines is 1. The number of rotatable bonds is 5. The van der Waals surface area contributed by atoms with Gasteiger partial charge in [-0.15, -0.1) is 0 Å². The number of nitrogens with zero attached hydrogens (tertiary/aromatic N) is 1. The highest BCUT2D eigenvalue weighted by atomic mass is 32.2. The first-order valence-corrected chi connectivity index (χ1v) is 7.98. The SMILES string of the molecule is O=S(=O)(NCCc1ncc[nH]1)c1ccc2c(c1)CCN2. The molecule has 7 heteroatoms. The van der Waals surface area contributed by atoms with Crippen LogP contribution >= 0.6 is 0 Å². The van der Waals surface area contributed by atoms with Gasteiger partial charge in [0.05, 0.1) is 4.90 Å². The molecule has 0 saturated heterocycles. The zero-order valence-corrected chi connectivity index (χ0v) is 11.7. The third-order valence-electron chi connectivity index (χ3n) is 3.31. The molecule has 0 bridgehead atoms. The first-order valence-electron chi connectivity index (χ1n) is 6.50. The van der Waals surface area contributed by atoms with E-state index >= 15 is 0 Å². The van der Waals surface area contributed by atoms with Gasteiger partial charge in [0, 0.05) is 37.6 Å². The fourth-order valence-corrected chi connectivity index (χ4v) is 3.35. The molecule has 1 aromatic heterocycles. The van der Waals surface area contributed by atoms with E-state index in [4.69, 9.17) is 0 Å². The average molecular weight is 292 g/mol. The lowest BCUT2D eigenvalue weighted by Gasteiger charge is -2.07. The molecule has 2 aromatic rings. The summed E-state index contributed by atoms with van der Waals surface area (Å²) in [6.07, 6.45) is 4.78. The number of fused-ring (bicyclic) bond motifs is 1. The summed E-state index contributed by atoms with van der Waals surface area (Å²) >= 11 is 0. The van der Waals surface area contributed by atoms with Gasteiger partial charge < -0.3 is 10.3 Å². The van der Waals surface area contributed by atoms with E-state index in [1.54, 1.807) is 24.5 Å². The minimum atomic E-state index is -3.45. The monoisotopic (exact) mass is 292 g/mol. The van der Waals surface area contributed by atoms with Crippen molar-refractivity contribution < 1.29 is 8.42 Å². The number of benzene rings is 1. The maximum absolute atomic E-state index is 12.2. The summed E-state index contributed by atoms with van der Waals surface area (Å²) in [6.45, 7) is 1.19. The molecule has 3 N–H and O–H groups in total. The van der Waals surface area contributed by atoms with Crippen LogP contribution in [0.4, 0.5) is 5.69 Å². The molecule has 106 valence electrons. The fraction of sp³-hybridized carbons (Fsp3) is 0.308. The molecule has 2 heterocycles. The van der Waals surface area contributed by atoms with Crippen LogP contribution in [0.15, 0.2) is 35.5 Å². The lowest BCUT2D eigenvalue weighted by atomic mass is 10.2. The molecule has 0 radical (unpaired) electrons. The van der Waals surface area contributed by atoms with E-state index in [0.29, 0.717) is 17.9 Å². The molecule has 0 fully saturated rings. The van der Waals surface area contributed by atoms with Gasteiger partial charge in [-0.2, -0.15) is 0 Å². The Bertz CT molecular complexity index is 695. The fourth-order valence-electron chi connectivity index (χ4n) is 2.27. The van der Waals surface area contributed by atoms with Crippen molar-refractivity contribution in [2.24, 2.45) is 0 Å². The van der Waals surface area contributed by atoms with Crippen molar-refractivity contribution in [1.29, 1.82) is 0 Å². The molecule has 0 aliphatic carbocycles. The predicted octanol–water partition coefficient (Wildman–Crippen LogP) is 0.899. The van der Waals surface area contributed by atoms with Crippen LogP contribution < -0.4 is 10.0 Å². The van der Waals surface area contributed by atoms with Crippen LogP contribution in [-0.2, 0) is 22.9 Å². The highest BCUT2D eigenvalue weighted by Crippen LogP contribution is 2.24. The highest BCUT2D eigenvalue weighted by Gasteiger charge is 2.17. The Morgan fingerprint density at radius 2 is 2.25 bits per heavy atom. The van der Waals surface area contributed by atoms with Gasteiger partial charge in [0.15, 0.2) is 0 Å². The summed E-state index contributed by atoms with van der Waals surface area (Å²) < 4.78 is 27.0. The zero-order valence-electron chi connectivity index (χ0n) is 10.9. The van der Waals surface area contributed by atoms with Crippen LogP contribution in [0.5, 0.6) is 0 Å². The van der Waals surface area contributed by atoms with E-state index in [0.717, 1.165) is 30.0 Å². The van der Waals surface area contributed by atoms with Crippen LogP contribution in [0.25, 0.3) is 0 Å². The molecule has 20 heavy (non-hydrogen) atoms. The number of nitrogens with one attached hydrogen (secondary N) is 3. The van der Waals surface area contributed by atoms with E-state index in [1.165, 1.54) is 0 Å². The Labute approximate surface area is 117 Å². The van der Waals surface area contributed by atoms with Gasteiger partial charge in [-0.05, 0) is 30.2 Å². The van der Waals surface area contributed by atoms with Gasteiger partial charge in [-0.1, -0.05) is 0 Å². The summed E-state index contributed by atoms with van der Waals surface area (Å²) in [7, 11) is -3.45. The van der Waals surface area contributed by atoms with Crippen molar-refractivity contribution in [2.45, 2.75) is 17.7 Å². The van der Waals surface area contributed by atoms with E-state index in [2.05, 4.69) is 20.0 Å². The summed E-state index contributed by atoms with van der Waals surface area (Å²) in [6, 6.07) is 5.19. The number of imidazole rings is 1. The van der Waals surface area contributed by atoms with Crippen LogP contribution in [0.1, 0.15) is 11.4 Å². The number of aromatic nitrogens is 2. The minimum absolute atomic E-state index is 0.319. The molecule has 6 nitrogen and oxygen atoms in total. The first-order chi connectivity index (χ1) is 9.65. The van der Waals surface area contributed by atoms with Crippen molar-refractivity contribution in [1.82, 2.24) is 14.7 Å². The Balaban J connectivity index is 1.68. The lowest BCUT2D eigenvalue weighted by molar-refractivity contribution is 0.581. The number of sulfonamides is 1. The summed E-state index contributed by atoms with van der Waals surface area (Å²) in [5, 5.41) is 3.21. The lowest BCUT2D eigenvalue weighted by Crippen LogP contribution is -2.26. The average Bonchev–Trinajstić information content (AvgIpc) is 3.08. The van der Waals surface area contributed by atoms with Crippen molar-refractivity contribution in [3.05, 3.63) is 42.0 Å². The molecule has 0 amide bonds. The third-order valence-corrected chi connectivity index (χ3v) is 4.76. The highest BCUT2D eigenvalue weighted by molar-refractivity contribution is 7.89. The smallest absolute Gasteiger partial charge is 0.240 e. The maximum atomic E-state index is 12.2. The third kappa shape index (κ3) is 2.68. The maximum Gasteiger partial charge on any atom is 0.240 e. The van der Waals surface area contributed by atoms with Crippen molar-refractivity contribution in [3.8, 4) is 0 Å². The normalized spacial score (nSPS) is 14.0. The Morgan fingerprint density at radius 1 is 1.35 bits per heavy atom. The minimum Gasteiger partial charge on any atom is -0.384 e. The van der Waals surface area contributed by atoms with Crippen molar-refractivity contribution in [2.75, 3.05) is 18.4 Å². The second-order valence-electron chi connectivity index (χ2n) is 4.68. The molecule has 3 rings (SSSR count). The van der Waals surface area contributed by atoms with Gasteiger partial charge >= 0.3 is 0 Å². The van der Waals surface area contributed by atoms with Crippen molar-refractivity contribution >= 4 is 15.7 Å². The molecule has 0 atom stereocenters. The Morgan fingerprint density at radius 3 is 3.05 bits per heavy atom. The number of H-pyrrole nitrogens is 1. The van der Waals surface area contributed by atoms with Gasteiger partial charge in [-0.3, -0.25) is 0 Å². The van der Waals surface area contributed by atoms with E-state index in [-0.39, 0.29) is 0 Å². The van der Waals surface area contributed by atoms with Gasteiger partial charge in [0.1, 0.15) is 5.82 Å². The Kier molecular flexibility index (Phi) is 3.45. The predicted molar refractivity (Wildman–Crippen MR) is 76.1 cm³/mol. The number of anilines is 1. The molecular weight excluding hydrogens is 276 g/mol. The van der Waals surface area contributed by atoms with Gasteiger partial charge in [0.25, 0.3) is 0 Å². The molecule has 0 spiro atoms. The zero-order chi connectivity index (χ0) is 14.0. The van der Waals surface area contributed by atoms with Crippen LogP contribution in [0.3, 0.4) is 0 Å². The topological polar surface area (TPSA) is 86.9 Å². The standard InChI is InChI=1S/C13H16N4O2S/c18-20(19,17-6-4-13-15-7-8-16-13)11-1-2-12-10(9-11)3-5-14-12/h1-2,7-9,14,17H,3-6H2,(H,15,16). The Hall–Kier alpha value is -1.86. The van der Waals surface area contributed by atoms with E-state index < -0.39 is 10.0 Å². The molecule has 0 saturated carbocycles. The van der Waals surface area contributed by atoms with Crippen LogP contribution in [-0.4, -0.2) is 31.5 Å². The summed E-state index contributed by atoms with van der Waals surface area (Å²) in [5.41, 5.74) is 2.08. The van der Waals surface area contributed by atoms with Gasteiger partial charge in [0.2, 0.25) is 10.0 Å². The second kappa shape index (κ2) is 5.26. The van der Waals surface area contributed by atoms with Crippen molar-refractivity contribution in [3.63, 3.8) is 0 Å². The van der Waals surface area contributed by atoms with Crippen LogP contribution in [0, 0.1) is 0 Å². The van der Waals surface area contributed by atoms with Crippen LogP contribution in [0.2, 0.25) is 0 Å². The number of hydrogen-bond acceptors (Lipinski definition) is 4. The quantitative estimate of drug-likeness (QED) is 0.764. The van der Waals surface area contributed by atoms with E-state index in [9.17, 15) is 8.42 Å². The molecule has 1 aliphatic heterocycles. The summed E-state index contributed by atoms with van der Waals surface area (Å²) in [5.74, 6) is 0.769. The largest absolute Gasteiger partial charge is 0.384 e. The first kappa shape index (κ1) is 13.1. The molecule has 1 aliphatic rings. The van der Waals surface area contributed by atoms with E-state index in [1.807, 2.05) is 6.07 Å². The van der Waals surface area contributed by atoms with Gasteiger partial charge in [-0.25, -0.2) is 18.1 Å². The molecule has 1 aromatic carbocycles. The molecule has 0 unspecified atom stereocenters. The number of hydrogen-bond donors (Lipinski definition) is 3.